The lowest BCUT2D eigenvalue weighted by molar-refractivity contribution is -0.134. The van der Waals surface area contributed by atoms with E-state index in [2.05, 4.69) is 17.6 Å². The van der Waals surface area contributed by atoms with Crippen LogP contribution in [0.1, 0.15) is 37.8 Å². The molecule has 4 nitrogen and oxygen atoms in total. The van der Waals surface area contributed by atoms with Gasteiger partial charge in [0, 0.05) is 17.5 Å². The second-order valence-corrected chi connectivity index (χ2v) is 5.12. The predicted molar refractivity (Wildman–Crippen MR) is 73.8 cm³/mol. The first-order valence-electron chi connectivity index (χ1n) is 6.45. The van der Waals surface area contributed by atoms with Gasteiger partial charge in [0.25, 0.3) is 0 Å². The Morgan fingerprint density at radius 2 is 2.05 bits per heavy atom. The fraction of sp³-hybridized carbons (Fsp3) is 0.429. The molecule has 0 aromatic heterocycles. The van der Waals surface area contributed by atoms with Crippen LogP contribution in [0.25, 0.3) is 0 Å². The van der Waals surface area contributed by atoms with Gasteiger partial charge in [-0.2, -0.15) is 0 Å². The highest BCUT2D eigenvalue weighted by molar-refractivity contribution is 6.30. The number of piperidine rings is 1. The fourth-order valence-corrected chi connectivity index (χ4v) is 2.37. The van der Waals surface area contributed by atoms with E-state index >= 15 is 0 Å². The van der Waals surface area contributed by atoms with E-state index in [-0.39, 0.29) is 23.9 Å². The van der Waals surface area contributed by atoms with Crippen molar-refractivity contribution in [3.63, 3.8) is 0 Å². The number of benzene rings is 1. The van der Waals surface area contributed by atoms with Crippen LogP contribution in [-0.2, 0) is 9.59 Å². The Labute approximate surface area is 117 Å². The molecular formula is C14H17ClN2O2. The lowest BCUT2D eigenvalue weighted by Gasteiger charge is -2.27. The third kappa shape index (κ3) is 3.55. The van der Waals surface area contributed by atoms with E-state index in [1.165, 1.54) is 0 Å². The molecule has 19 heavy (non-hydrogen) atoms. The van der Waals surface area contributed by atoms with E-state index < -0.39 is 0 Å². The Kier molecular flexibility index (Phi) is 4.56. The van der Waals surface area contributed by atoms with Gasteiger partial charge in [0.1, 0.15) is 0 Å². The summed E-state index contributed by atoms with van der Waals surface area (Å²) in [4.78, 5) is 22.8. The van der Waals surface area contributed by atoms with Gasteiger partial charge in [0.2, 0.25) is 11.8 Å². The van der Waals surface area contributed by atoms with Gasteiger partial charge in [-0.15, -0.1) is 0 Å². The molecule has 1 heterocycles. The molecule has 1 fully saturated rings. The molecule has 0 bridgehead atoms. The minimum absolute atomic E-state index is 0.0845. The molecule has 0 aliphatic carbocycles. The summed E-state index contributed by atoms with van der Waals surface area (Å²) in [7, 11) is 0. The number of halogens is 1. The SMILES string of the molecule is CCC(NC1CCC(=O)NC1=O)c1ccc(Cl)cc1. The van der Waals surface area contributed by atoms with E-state index in [9.17, 15) is 9.59 Å². The summed E-state index contributed by atoms with van der Waals surface area (Å²) in [6.45, 7) is 2.05. The summed E-state index contributed by atoms with van der Waals surface area (Å²) in [5.74, 6) is -0.425. The highest BCUT2D eigenvalue weighted by Crippen LogP contribution is 2.21. The van der Waals surface area contributed by atoms with E-state index in [4.69, 9.17) is 11.6 Å². The minimum Gasteiger partial charge on any atom is -0.299 e. The zero-order chi connectivity index (χ0) is 13.8. The Bertz CT molecular complexity index is 473. The summed E-state index contributed by atoms with van der Waals surface area (Å²) in [5.41, 5.74) is 1.09. The molecular weight excluding hydrogens is 264 g/mol. The van der Waals surface area contributed by atoms with E-state index in [0.29, 0.717) is 17.9 Å². The number of imide groups is 1. The normalized spacial score (nSPS) is 21.1. The molecule has 0 spiro atoms. The number of carbonyl (C=O) groups is 2. The minimum atomic E-state index is -0.307. The molecule has 1 aliphatic heterocycles. The molecule has 1 saturated heterocycles. The Morgan fingerprint density at radius 3 is 2.63 bits per heavy atom. The van der Waals surface area contributed by atoms with Crippen molar-refractivity contribution in [1.82, 2.24) is 10.6 Å². The van der Waals surface area contributed by atoms with Gasteiger partial charge in [-0.05, 0) is 30.5 Å². The Morgan fingerprint density at radius 1 is 1.37 bits per heavy atom. The standard InChI is InChI=1S/C14H17ClN2O2/c1-2-11(9-3-5-10(15)6-4-9)16-12-7-8-13(18)17-14(12)19/h3-6,11-12,16H,2,7-8H2,1H3,(H,17,18,19). The maximum absolute atomic E-state index is 11.7. The van der Waals surface area contributed by atoms with E-state index in [0.717, 1.165) is 12.0 Å². The summed E-state index contributed by atoms with van der Waals surface area (Å²) in [5, 5.41) is 6.36. The average Bonchev–Trinajstić information content (AvgIpc) is 2.39. The van der Waals surface area contributed by atoms with Crippen LogP contribution in [0.15, 0.2) is 24.3 Å². The summed E-state index contributed by atoms with van der Waals surface area (Å²) in [6, 6.07) is 7.36. The van der Waals surface area contributed by atoms with Crippen molar-refractivity contribution in [2.45, 2.75) is 38.3 Å². The Hall–Kier alpha value is -1.39. The number of rotatable bonds is 4. The first kappa shape index (κ1) is 14.0. The van der Waals surface area contributed by atoms with Gasteiger partial charge in [-0.1, -0.05) is 30.7 Å². The van der Waals surface area contributed by atoms with Crippen molar-refractivity contribution in [3.8, 4) is 0 Å². The molecule has 2 rings (SSSR count). The first-order valence-corrected chi connectivity index (χ1v) is 6.83. The molecule has 2 N–H and O–H groups in total. The molecule has 2 amide bonds. The van der Waals surface area contributed by atoms with Crippen LogP contribution >= 0.6 is 11.6 Å². The zero-order valence-corrected chi connectivity index (χ0v) is 11.5. The summed E-state index contributed by atoms with van der Waals surface area (Å²) in [6.07, 6.45) is 1.80. The zero-order valence-electron chi connectivity index (χ0n) is 10.8. The number of amides is 2. The van der Waals surface area contributed by atoms with Crippen LogP contribution < -0.4 is 10.6 Å². The van der Waals surface area contributed by atoms with Gasteiger partial charge in [0.15, 0.2) is 0 Å². The van der Waals surface area contributed by atoms with Crippen molar-refractivity contribution < 1.29 is 9.59 Å². The van der Waals surface area contributed by atoms with Crippen molar-refractivity contribution in [2.24, 2.45) is 0 Å². The Balaban J connectivity index is 2.05. The molecule has 1 aromatic carbocycles. The second-order valence-electron chi connectivity index (χ2n) is 4.68. The highest BCUT2D eigenvalue weighted by atomic mass is 35.5. The number of hydrogen-bond donors (Lipinski definition) is 2. The predicted octanol–water partition coefficient (Wildman–Crippen LogP) is 2.19. The number of carbonyl (C=O) groups excluding carboxylic acids is 2. The van der Waals surface area contributed by atoms with Crippen LogP contribution in [-0.4, -0.2) is 17.9 Å². The fourth-order valence-electron chi connectivity index (χ4n) is 2.24. The quantitative estimate of drug-likeness (QED) is 0.831. The molecule has 1 aliphatic rings. The molecule has 0 radical (unpaired) electrons. The van der Waals surface area contributed by atoms with Crippen molar-refractivity contribution in [1.29, 1.82) is 0 Å². The van der Waals surface area contributed by atoms with Crippen LogP contribution in [0.2, 0.25) is 5.02 Å². The van der Waals surface area contributed by atoms with Crippen LogP contribution in [0.3, 0.4) is 0 Å². The average molecular weight is 281 g/mol. The maximum Gasteiger partial charge on any atom is 0.243 e. The van der Waals surface area contributed by atoms with Gasteiger partial charge < -0.3 is 0 Å². The van der Waals surface area contributed by atoms with Gasteiger partial charge >= 0.3 is 0 Å². The lowest BCUT2D eigenvalue weighted by atomic mass is 10.00. The smallest absolute Gasteiger partial charge is 0.243 e. The molecule has 0 saturated carbocycles. The highest BCUT2D eigenvalue weighted by Gasteiger charge is 2.28. The van der Waals surface area contributed by atoms with Crippen LogP contribution in [0, 0.1) is 0 Å². The van der Waals surface area contributed by atoms with Crippen molar-refractivity contribution in [2.75, 3.05) is 0 Å². The van der Waals surface area contributed by atoms with Crippen molar-refractivity contribution >= 4 is 23.4 Å². The molecule has 102 valence electrons. The van der Waals surface area contributed by atoms with E-state index in [1.807, 2.05) is 24.3 Å². The van der Waals surface area contributed by atoms with Crippen LogP contribution in [0.4, 0.5) is 0 Å². The van der Waals surface area contributed by atoms with Crippen molar-refractivity contribution in [3.05, 3.63) is 34.9 Å². The third-order valence-corrected chi connectivity index (χ3v) is 3.57. The molecule has 2 atom stereocenters. The van der Waals surface area contributed by atoms with Crippen LogP contribution in [0.5, 0.6) is 0 Å². The molecule has 2 unspecified atom stereocenters. The summed E-state index contributed by atoms with van der Waals surface area (Å²) >= 11 is 5.87. The van der Waals surface area contributed by atoms with Gasteiger partial charge in [0.05, 0.1) is 6.04 Å². The topological polar surface area (TPSA) is 58.2 Å². The monoisotopic (exact) mass is 280 g/mol. The molecule has 5 heteroatoms. The number of nitrogens with one attached hydrogen (secondary N) is 2. The maximum atomic E-state index is 11.7. The molecule has 1 aromatic rings. The largest absolute Gasteiger partial charge is 0.299 e. The summed E-state index contributed by atoms with van der Waals surface area (Å²) < 4.78 is 0. The number of hydrogen-bond acceptors (Lipinski definition) is 3. The van der Waals surface area contributed by atoms with E-state index in [1.54, 1.807) is 0 Å². The second kappa shape index (κ2) is 6.17. The first-order chi connectivity index (χ1) is 9.10. The lowest BCUT2D eigenvalue weighted by Crippen LogP contribution is -2.51. The third-order valence-electron chi connectivity index (χ3n) is 3.32. The van der Waals surface area contributed by atoms with Gasteiger partial charge in [-0.3, -0.25) is 20.2 Å². The van der Waals surface area contributed by atoms with Gasteiger partial charge in [-0.25, -0.2) is 0 Å².